The molecule has 2 rings (SSSR count). The van der Waals surface area contributed by atoms with E-state index in [1.807, 2.05) is 20.8 Å². The van der Waals surface area contributed by atoms with Crippen LogP contribution < -0.4 is 19.5 Å². The maximum Gasteiger partial charge on any atom is 0.247 e. The average molecular weight is 364 g/mol. The fourth-order valence-corrected chi connectivity index (χ4v) is 3.09. The summed E-state index contributed by atoms with van der Waals surface area (Å²) in [6.07, 6.45) is 1.47. The third kappa shape index (κ3) is 4.03. The summed E-state index contributed by atoms with van der Waals surface area (Å²) in [7, 11) is 4.56. The number of hydrogen-bond donors (Lipinski definition) is 1. The Bertz CT molecular complexity index is 656. The second kappa shape index (κ2) is 7.85. The van der Waals surface area contributed by atoms with E-state index in [1.165, 1.54) is 21.3 Å². The monoisotopic (exact) mass is 364 g/mol. The summed E-state index contributed by atoms with van der Waals surface area (Å²) >= 11 is 0. The van der Waals surface area contributed by atoms with Crippen molar-refractivity contribution in [2.24, 2.45) is 5.41 Å². The topological polar surface area (TPSA) is 77.1 Å². The Morgan fingerprint density at radius 3 is 2.12 bits per heavy atom. The molecule has 7 heteroatoms. The number of rotatable bonds is 5. The van der Waals surface area contributed by atoms with Gasteiger partial charge in [0.2, 0.25) is 17.6 Å². The largest absolute Gasteiger partial charge is 0.493 e. The standard InChI is InChI=1S/C19H28N2O5/c1-19(2,3)18(23)21-9-7-8-13(21)17(22)20-12-10-14(24-4)16(26-6)15(11-12)25-5/h10-11,13H,7-9H2,1-6H3,(H,20,22). The molecule has 0 radical (unpaired) electrons. The highest BCUT2D eigenvalue weighted by Crippen LogP contribution is 2.40. The summed E-state index contributed by atoms with van der Waals surface area (Å²) in [6.45, 7) is 6.19. The molecular weight excluding hydrogens is 336 g/mol. The molecule has 0 aliphatic carbocycles. The van der Waals surface area contributed by atoms with Gasteiger partial charge in [-0.2, -0.15) is 0 Å². The highest BCUT2D eigenvalue weighted by molar-refractivity contribution is 5.98. The van der Waals surface area contributed by atoms with Crippen molar-refractivity contribution < 1.29 is 23.8 Å². The fourth-order valence-electron chi connectivity index (χ4n) is 3.09. The average Bonchev–Trinajstić information content (AvgIpc) is 3.08. The van der Waals surface area contributed by atoms with Crippen LogP contribution in [0.4, 0.5) is 5.69 Å². The summed E-state index contributed by atoms with van der Waals surface area (Å²) in [4.78, 5) is 27.1. The minimum Gasteiger partial charge on any atom is -0.493 e. The Balaban J connectivity index is 2.22. The van der Waals surface area contributed by atoms with Crippen molar-refractivity contribution >= 4 is 17.5 Å². The SMILES string of the molecule is COc1cc(NC(=O)C2CCCN2C(=O)C(C)(C)C)cc(OC)c1OC. The Hall–Kier alpha value is -2.44. The summed E-state index contributed by atoms with van der Waals surface area (Å²) in [5.74, 6) is 1.14. The highest BCUT2D eigenvalue weighted by Gasteiger charge is 2.38. The number of carbonyl (C=O) groups is 2. The van der Waals surface area contributed by atoms with E-state index in [2.05, 4.69) is 5.32 Å². The van der Waals surface area contributed by atoms with Crippen LogP contribution in [0.5, 0.6) is 17.2 Å². The zero-order chi connectivity index (χ0) is 19.5. The lowest BCUT2D eigenvalue weighted by atomic mass is 9.94. The molecule has 1 heterocycles. The molecule has 0 bridgehead atoms. The molecule has 0 aromatic heterocycles. The predicted molar refractivity (Wildman–Crippen MR) is 98.9 cm³/mol. The predicted octanol–water partition coefficient (Wildman–Crippen LogP) is 2.69. The molecule has 1 aliphatic rings. The Kier molecular flexibility index (Phi) is 6.00. The molecule has 1 unspecified atom stereocenters. The summed E-state index contributed by atoms with van der Waals surface area (Å²) in [5, 5.41) is 2.87. The maximum atomic E-state index is 12.8. The van der Waals surface area contributed by atoms with Crippen LogP contribution in [0.3, 0.4) is 0 Å². The van der Waals surface area contributed by atoms with Crippen molar-refractivity contribution in [3.63, 3.8) is 0 Å². The van der Waals surface area contributed by atoms with E-state index in [-0.39, 0.29) is 11.8 Å². The number of carbonyl (C=O) groups excluding carboxylic acids is 2. The van der Waals surface area contributed by atoms with Gasteiger partial charge in [-0.1, -0.05) is 20.8 Å². The minimum atomic E-state index is -0.518. The molecule has 1 fully saturated rings. The number of hydrogen-bond acceptors (Lipinski definition) is 5. The Labute approximate surface area is 154 Å². The van der Waals surface area contributed by atoms with Gasteiger partial charge in [0.1, 0.15) is 6.04 Å². The van der Waals surface area contributed by atoms with Gasteiger partial charge in [-0.15, -0.1) is 0 Å². The van der Waals surface area contributed by atoms with E-state index < -0.39 is 11.5 Å². The molecule has 1 N–H and O–H groups in total. The van der Waals surface area contributed by atoms with Gasteiger partial charge in [-0.25, -0.2) is 0 Å². The molecule has 0 spiro atoms. The molecule has 144 valence electrons. The molecule has 26 heavy (non-hydrogen) atoms. The zero-order valence-electron chi connectivity index (χ0n) is 16.3. The summed E-state index contributed by atoms with van der Waals surface area (Å²) < 4.78 is 15.9. The second-order valence-corrected chi connectivity index (χ2v) is 7.31. The van der Waals surface area contributed by atoms with Gasteiger partial charge >= 0.3 is 0 Å². The normalized spacial score (nSPS) is 17.0. The van der Waals surface area contributed by atoms with E-state index in [0.717, 1.165) is 6.42 Å². The van der Waals surface area contributed by atoms with Crippen molar-refractivity contribution in [3.05, 3.63) is 12.1 Å². The van der Waals surface area contributed by atoms with Crippen molar-refractivity contribution in [3.8, 4) is 17.2 Å². The number of benzene rings is 1. The second-order valence-electron chi connectivity index (χ2n) is 7.31. The van der Waals surface area contributed by atoms with Crippen LogP contribution >= 0.6 is 0 Å². The van der Waals surface area contributed by atoms with Crippen LogP contribution in [0, 0.1) is 5.41 Å². The number of nitrogens with one attached hydrogen (secondary N) is 1. The number of amides is 2. The number of ether oxygens (including phenoxy) is 3. The van der Waals surface area contributed by atoms with Gasteiger partial charge in [0.15, 0.2) is 11.5 Å². The molecule has 1 aliphatic heterocycles. The van der Waals surface area contributed by atoms with Gasteiger partial charge in [0.25, 0.3) is 0 Å². The van der Waals surface area contributed by atoms with Gasteiger partial charge in [-0.3, -0.25) is 9.59 Å². The first-order chi connectivity index (χ1) is 12.2. The Morgan fingerprint density at radius 2 is 1.65 bits per heavy atom. The van der Waals surface area contributed by atoms with Crippen LogP contribution in [0.1, 0.15) is 33.6 Å². The van der Waals surface area contributed by atoms with E-state index in [0.29, 0.717) is 35.9 Å². The quantitative estimate of drug-likeness (QED) is 0.869. The molecule has 1 aromatic rings. The highest BCUT2D eigenvalue weighted by atomic mass is 16.5. The molecule has 1 aromatic carbocycles. The van der Waals surface area contributed by atoms with Crippen molar-refractivity contribution in [1.82, 2.24) is 4.90 Å². The number of methoxy groups -OCH3 is 3. The lowest BCUT2D eigenvalue weighted by Gasteiger charge is -2.30. The van der Waals surface area contributed by atoms with Gasteiger partial charge < -0.3 is 24.4 Å². The minimum absolute atomic E-state index is 0.0138. The van der Waals surface area contributed by atoms with E-state index in [4.69, 9.17) is 14.2 Å². The molecular formula is C19H28N2O5. The Morgan fingerprint density at radius 1 is 1.08 bits per heavy atom. The van der Waals surface area contributed by atoms with Crippen LogP contribution in [-0.4, -0.2) is 50.6 Å². The first-order valence-corrected chi connectivity index (χ1v) is 8.65. The lowest BCUT2D eigenvalue weighted by Crippen LogP contribution is -2.47. The smallest absolute Gasteiger partial charge is 0.247 e. The van der Waals surface area contributed by atoms with Gasteiger partial charge in [0, 0.05) is 29.8 Å². The number of likely N-dealkylation sites (tertiary alicyclic amines) is 1. The lowest BCUT2D eigenvalue weighted by molar-refractivity contribution is -0.143. The maximum absolute atomic E-state index is 12.8. The van der Waals surface area contributed by atoms with Crippen molar-refractivity contribution in [1.29, 1.82) is 0 Å². The van der Waals surface area contributed by atoms with Crippen LogP contribution in [0.2, 0.25) is 0 Å². The number of nitrogens with zero attached hydrogens (tertiary/aromatic N) is 1. The third-order valence-corrected chi connectivity index (χ3v) is 4.39. The first kappa shape index (κ1) is 19.9. The van der Waals surface area contributed by atoms with Crippen LogP contribution in [0.25, 0.3) is 0 Å². The third-order valence-electron chi connectivity index (χ3n) is 4.39. The molecule has 2 amide bonds. The first-order valence-electron chi connectivity index (χ1n) is 8.65. The van der Waals surface area contributed by atoms with Crippen molar-refractivity contribution in [2.45, 2.75) is 39.7 Å². The van der Waals surface area contributed by atoms with E-state index in [1.54, 1.807) is 17.0 Å². The fraction of sp³-hybridized carbons (Fsp3) is 0.579. The van der Waals surface area contributed by atoms with E-state index in [9.17, 15) is 9.59 Å². The van der Waals surface area contributed by atoms with E-state index >= 15 is 0 Å². The number of anilines is 1. The van der Waals surface area contributed by atoms with Crippen LogP contribution in [-0.2, 0) is 9.59 Å². The van der Waals surface area contributed by atoms with Gasteiger partial charge in [0.05, 0.1) is 21.3 Å². The molecule has 7 nitrogen and oxygen atoms in total. The molecule has 1 atom stereocenters. The van der Waals surface area contributed by atoms with Gasteiger partial charge in [-0.05, 0) is 12.8 Å². The summed E-state index contributed by atoms with van der Waals surface area (Å²) in [5.41, 5.74) is 0.00894. The van der Waals surface area contributed by atoms with Crippen molar-refractivity contribution in [2.75, 3.05) is 33.2 Å². The molecule has 0 saturated carbocycles. The summed E-state index contributed by atoms with van der Waals surface area (Å²) in [6, 6.07) is 2.87. The molecule has 1 saturated heterocycles. The zero-order valence-corrected chi connectivity index (χ0v) is 16.3. The van der Waals surface area contributed by atoms with Crippen LogP contribution in [0.15, 0.2) is 12.1 Å².